The van der Waals surface area contributed by atoms with E-state index in [-0.39, 0.29) is 21.6 Å². The van der Waals surface area contributed by atoms with Crippen molar-refractivity contribution >= 4 is 33.4 Å². The van der Waals surface area contributed by atoms with Gasteiger partial charge in [0.25, 0.3) is 5.91 Å². The summed E-state index contributed by atoms with van der Waals surface area (Å²) in [6.07, 6.45) is 10.1. The van der Waals surface area contributed by atoms with Crippen molar-refractivity contribution in [3.63, 3.8) is 0 Å². The number of nitrogens with one attached hydrogen (secondary N) is 1. The Morgan fingerprint density at radius 2 is 1.87 bits per heavy atom. The highest BCUT2D eigenvalue weighted by molar-refractivity contribution is 9.10. The van der Waals surface area contributed by atoms with Gasteiger partial charge in [0.1, 0.15) is 0 Å². The molecule has 4 aliphatic carbocycles. The highest BCUT2D eigenvalue weighted by Crippen LogP contribution is 2.64. The van der Waals surface area contributed by atoms with Crippen LogP contribution in [0.1, 0.15) is 80.6 Å². The third kappa shape index (κ3) is 3.51. The number of likely N-dealkylation sites (tertiary alicyclic amines) is 1. The van der Waals surface area contributed by atoms with Crippen LogP contribution in [0.5, 0.6) is 0 Å². The molecule has 3 atom stereocenters. The minimum atomic E-state index is -0.224. The van der Waals surface area contributed by atoms with Crippen LogP contribution in [0.15, 0.2) is 18.2 Å². The van der Waals surface area contributed by atoms with Gasteiger partial charge in [-0.1, -0.05) is 15.9 Å². The Kier molecular flexibility index (Phi) is 5.04. The van der Waals surface area contributed by atoms with Gasteiger partial charge in [-0.25, -0.2) is 0 Å². The third-order valence-electron chi connectivity index (χ3n) is 8.26. The van der Waals surface area contributed by atoms with Gasteiger partial charge in [-0.15, -0.1) is 0 Å². The smallest absolute Gasteiger partial charge is 0.254 e. The van der Waals surface area contributed by atoms with E-state index < -0.39 is 0 Å². The van der Waals surface area contributed by atoms with Crippen LogP contribution in [0.2, 0.25) is 0 Å². The first kappa shape index (κ1) is 20.5. The number of hydrogen-bond donors (Lipinski definition) is 1. The maximum Gasteiger partial charge on any atom is 0.254 e. The Hall–Kier alpha value is -1.36. The zero-order valence-electron chi connectivity index (χ0n) is 18.2. The van der Waals surface area contributed by atoms with Crippen molar-refractivity contribution < 1.29 is 9.59 Å². The van der Waals surface area contributed by atoms with Gasteiger partial charge in [0.05, 0.1) is 5.41 Å². The molecule has 4 nitrogen and oxygen atoms in total. The van der Waals surface area contributed by atoms with Crippen molar-refractivity contribution in [3.8, 4) is 0 Å². The average Bonchev–Trinajstić information content (AvgIpc) is 2.67. The van der Waals surface area contributed by atoms with Gasteiger partial charge in [-0.05, 0) is 107 Å². The number of alkyl halides is 1. The number of carbonyl (C=O) groups is 2. The zero-order valence-corrected chi connectivity index (χ0v) is 19.8. The minimum Gasteiger partial charge on any atom is -0.336 e. The second-order valence-corrected chi connectivity index (χ2v) is 12.4. The number of halogens is 1. The first-order valence-electron chi connectivity index (χ1n) is 11.7. The van der Waals surface area contributed by atoms with Crippen molar-refractivity contribution in [2.24, 2.45) is 17.3 Å². The van der Waals surface area contributed by atoms with E-state index in [1.54, 1.807) is 0 Å². The lowest BCUT2D eigenvalue weighted by atomic mass is 9.49. The van der Waals surface area contributed by atoms with E-state index in [2.05, 4.69) is 28.2 Å². The van der Waals surface area contributed by atoms with Gasteiger partial charge >= 0.3 is 0 Å². The molecule has 2 amide bonds. The van der Waals surface area contributed by atoms with Crippen molar-refractivity contribution in [1.29, 1.82) is 0 Å². The predicted octanol–water partition coefficient (Wildman–Crippen LogP) is 5.68. The summed E-state index contributed by atoms with van der Waals surface area (Å²) in [5, 5.41) is 3.25. The maximum atomic E-state index is 13.5. The number of carbonyl (C=O) groups excluding carboxylic acids is 2. The van der Waals surface area contributed by atoms with Crippen molar-refractivity contribution in [3.05, 3.63) is 29.3 Å². The molecule has 1 N–H and O–H groups in total. The summed E-state index contributed by atoms with van der Waals surface area (Å²) in [4.78, 5) is 28.5. The molecule has 1 heterocycles. The SMILES string of the molecule is Cc1cc(C(=O)N2CCCCC2C)ccc1NC(=O)C12CC3CC(CC(Br)(C3)C1)C2. The van der Waals surface area contributed by atoms with E-state index in [1.807, 2.05) is 30.0 Å². The molecule has 3 unspecified atom stereocenters. The fraction of sp³-hybridized carbons (Fsp3) is 0.680. The standard InChI is InChI=1S/C25H33BrN2O2/c1-16-9-20(22(29)28-8-4-3-5-17(28)2)6-7-21(16)27-23(30)24-11-18-10-19(12-24)14-25(26,13-18)15-24/h6-7,9,17-19H,3-5,8,10-15H2,1-2H3,(H,27,30). The molecule has 4 saturated carbocycles. The minimum absolute atomic E-state index is 0.116. The molecular formula is C25H33BrN2O2. The van der Waals surface area contributed by atoms with E-state index in [0.29, 0.717) is 17.9 Å². The van der Waals surface area contributed by atoms with E-state index in [1.165, 1.54) is 25.7 Å². The molecule has 5 aliphatic rings. The first-order valence-corrected chi connectivity index (χ1v) is 12.5. The Balaban J connectivity index is 1.32. The summed E-state index contributed by atoms with van der Waals surface area (Å²) < 4.78 is 0.172. The molecule has 5 fully saturated rings. The topological polar surface area (TPSA) is 49.4 Å². The molecule has 6 rings (SSSR count). The lowest BCUT2D eigenvalue weighted by Gasteiger charge is -2.59. The molecule has 1 aromatic carbocycles. The second kappa shape index (κ2) is 7.36. The summed E-state index contributed by atoms with van der Waals surface area (Å²) >= 11 is 4.01. The Morgan fingerprint density at radius 1 is 1.13 bits per heavy atom. The van der Waals surface area contributed by atoms with Crippen LogP contribution in [-0.2, 0) is 4.79 Å². The first-order chi connectivity index (χ1) is 14.3. The summed E-state index contributed by atoms with van der Waals surface area (Å²) in [5.41, 5.74) is 2.32. The van der Waals surface area contributed by atoms with E-state index in [0.717, 1.165) is 55.5 Å². The number of benzene rings is 1. The van der Waals surface area contributed by atoms with Crippen LogP contribution < -0.4 is 5.32 Å². The monoisotopic (exact) mass is 472 g/mol. The number of piperidine rings is 1. The molecule has 0 radical (unpaired) electrons. The molecular weight excluding hydrogens is 440 g/mol. The number of rotatable bonds is 3. The van der Waals surface area contributed by atoms with E-state index in [4.69, 9.17) is 0 Å². The molecule has 162 valence electrons. The van der Waals surface area contributed by atoms with Crippen LogP contribution >= 0.6 is 15.9 Å². The summed E-state index contributed by atoms with van der Waals surface area (Å²) in [6.45, 7) is 4.98. The summed E-state index contributed by atoms with van der Waals surface area (Å²) in [6, 6.07) is 6.07. The number of amides is 2. The molecule has 0 aromatic heterocycles. The molecule has 1 aromatic rings. The van der Waals surface area contributed by atoms with Gasteiger partial charge in [0, 0.05) is 28.2 Å². The van der Waals surface area contributed by atoms with Crippen molar-refractivity contribution in [1.82, 2.24) is 4.90 Å². The Labute approximate surface area is 188 Å². The lowest BCUT2D eigenvalue weighted by Crippen LogP contribution is -2.57. The predicted molar refractivity (Wildman–Crippen MR) is 123 cm³/mol. The second-order valence-electron chi connectivity index (χ2n) is 10.7. The van der Waals surface area contributed by atoms with Crippen LogP contribution in [0.25, 0.3) is 0 Å². The van der Waals surface area contributed by atoms with Gasteiger partial charge < -0.3 is 10.2 Å². The maximum absolute atomic E-state index is 13.5. The molecule has 1 saturated heterocycles. The summed E-state index contributed by atoms with van der Waals surface area (Å²) in [5.74, 6) is 1.67. The number of nitrogens with zero attached hydrogens (tertiary/aromatic N) is 1. The molecule has 0 spiro atoms. The Bertz CT molecular complexity index is 868. The van der Waals surface area contributed by atoms with E-state index >= 15 is 0 Å². The summed E-state index contributed by atoms with van der Waals surface area (Å²) in [7, 11) is 0. The number of hydrogen-bond acceptors (Lipinski definition) is 2. The highest BCUT2D eigenvalue weighted by Gasteiger charge is 2.59. The van der Waals surface area contributed by atoms with Gasteiger partial charge in [0.15, 0.2) is 0 Å². The molecule has 5 heteroatoms. The lowest BCUT2D eigenvalue weighted by molar-refractivity contribution is -0.138. The highest BCUT2D eigenvalue weighted by atomic mass is 79.9. The Morgan fingerprint density at radius 3 is 2.50 bits per heavy atom. The third-order valence-corrected chi connectivity index (χ3v) is 9.18. The van der Waals surface area contributed by atoms with Crippen LogP contribution in [0.3, 0.4) is 0 Å². The van der Waals surface area contributed by atoms with E-state index in [9.17, 15) is 9.59 Å². The van der Waals surface area contributed by atoms with Crippen LogP contribution in [0, 0.1) is 24.2 Å². The largest absolute Gasteiger partial charge is 0.336 e. The molecule has 4 bridgehead atoms. The van der Waals surface area contributed by atoms with Gasteiger partial charge in [-0.2, -0.15) is 0 Å². The van der Waals surface area contributed by atoms with Crippen LogP contribution in [0.4, 0.5) is 5.69 Å². The van der Waals surface area contributed by atoms with Gasteiger partial charge in [0.2, 0.25) is 5.91 Å². The number of anilines is 1. The fourth-order valence-electron chi connectivity index (χ4n) is 7.17. The molecule has 30 heavy (non-hydrogen) atoms. The van der Waals surface area contributed by atoms with Gasteiger partial charge in [-0.3, -0.25) is 9.59 Å². The average molecular weight is 473 g/mol. The normalized spacial score (nSPS) is 37.3. The number of aryl methyl sites for hydroxylation is 1. The molecule has 1 aliphatic heterocycles. The van der Waals surface area contributed by atoms with Crippen molar-refractivity contribution in [2.75, 3.05) is 11.9 Å². The van der Waals surface area contributed by atoms with Crippen molar-refractivity contribution in [2.45, 2.75) is 82.0 Å². The zero-order chi connectivity index (χ0) is 21.1. The fourth-order valence-corrected chi connectivity index (χ4v) is 8.63. The van der Waals surface area contributed by atoms with Crippen LogP contribution in [-0.4, -0.2) is 33.6 Å². The quantitative estimate of drug-likeness (QED) is 0.574.